The molecule has 2 spiro atoms. The molecule has 7 heteroatoms. The summed E-state index contributed by atoms with van der Waals surface area (Å²) in [4.78, 5) is 38.4. The summed E-state index contributed by atoms with van der Waals surface area (Å²) in [6.07, 6.45) is 18.0. The number of allylic oxidation sites excluding steroid dienone is 1. The van der Waals surface area contributed by atoms with Crippen LogP contribution in [0.15, 0.2) is 46.9 Å². The van der Waals surface area contributed by atoms with Crippen molar-refractivity contribution in [2.75, 3.05) is 13.1 Å². The first kappa shape index (κ1) is 24.1. The van der Waals surface area contributed by atoms with E-state index in [1.165, 1.54) is 12.8 Å². The molecule has 37 heavy (non-hydrogen) atoms. The zero-order valence-corrected chi connectivity index (χ0v) is 22.2. The summed E-state index contributed by atoms with van der Waals surface area (Å²) in [5.41, 5.74) is 3.66. The lowest BCUT2D eigenvalue weighted by molar-refractivity contribution is -0.128. The van der Waals surface area contributed by atoms with E-state index in [2.05, 4.69) is 61.8 Å². The molecule has 194 valence electrons. The molecule has 7 nitrogen and oxygen atoms in total. The number of rotatable bonds is 3. The highest BCUT2D eigenvalue weighted by molar-refractivity contribution is 6.42. The van der Waals surface area contributed by atoms with E-state index in [0.29, 0.717) is 25.1 Å². The monoisotopic (exact) mass is 499 g/mol. The van der Waals surface area contributed by atoms with E-state index in [0.717, 1.165) is 60.4 Å². The number of pyridine rings is 1. The maximum absolute atomic E-state index is 13.5. The van der Waals surface area contributed by atoms with Crippen molar-refractivity contribution in [2.45, 2.75) is 77.8 Å². The molecule has 0 aromatic carbocycles. The summed E-state index contributed by atoms with van der Waals surface area (Å²) in [5, 5.41) is 6.33. The van der Waals surface area contributed by atoms with Gasteiger partial charge in [-0.25, -0.2) is 0 Å². The van der Waals surface area contributed by atoms with Crippen LogP contribution >= 0.6 is 0 Å². The lowest BCUT2D eigenvalue weighted by Crippen LogP contribution is -2.47. The van der Waals surface area contributed by atoms with Crippen LogP contribution in [0.1, 0.15) is 76.1 Å². The maximum Gasteiger partial charge on any atom is 0.270 e. The Kier molecular flexibility index (Phi) is 5.66. The molecule has 2 aliphatic carbocycles. The van der Waals surface area contributed by atoms with Crippen LogP contribution in [0, 0.1) is 10.8 Å². The highest BCUT2D eigenvalue weighted by atomic mass is 16.2. The van der Waals surface area contributed by atoms with E-state index in [1.807, 2.05) is 11.1 Å². The third kappa shape index (κ3) is 3.94. The number of carbonyl (C=O) groups is 2. The van der Waals surface area contributed by atoms with Crippen molar-refractivity contribution in [3.05, 3.63) is 58.7 Å². The fourth-order valence-electron chi connectivity index (χ4n) is 6.71. The van der Waals surface area contributed by atoms with Crippen LogP contribution in [0.4, 0.5) is 0 Å². The van der Waals surface area contributed by atoms with E-state index >= 15 is 0 Å². The fourth-order valence-corrected chi connectivity index (χ4v) is 6.71. The van der Waals surface area contributed by atoms with E-state index in [9.17, 15) is 9.59 Å². The van der Waals surface area contributed by atoms with Gasteiger partial charge in [0.25, 0.3) is 5.91 Å². The number of aliphatic imine (C=N–C) groups is 1. The molecule has 0 bridgehead atoms. The van der Waals surface area contributed by atoms with Crippen molar-refractivity contribution in [1.82, 2.24) is 20.5 Å². The van der Waals surface area contributed by atoms with Crippen LogP contribution in [0.25, 0.3) is 6.08 Å². The summed E-state index contributed by atoms with van der Waals surface area (Å²) < 4.78 is 0. The average molecular weight is 500 g/mol. The van der Waals surface area contributed by atoms with Crippen molar-refractivity contribution in [2.24, 2.45) is 15.8 Å². The van der Waals surface area contributed by atoms with Crippen molar-refractivity contribution in [1.29, 1.82) is 0 Å². The number of amides is 2. The molecule has 3 aliphatic heterocycles. The molecule has 6 rings (SSSR count). The van der Waals surface area contributed by atoms with Gasteiger partial charge in [-0.3, -0.25) is 19.6 Å². The number of hydrogen-bond acceptors (Lipinski definition) is 5. The predicted octanol–water partition coefficient (Wildman–Crippen LogP) is 4.06. The Morgan fingerprint density at radius 1 is 1.11 bits per heavy atom. The van der Waals surface area contributed by atoms with Crippen molar-refractivity contribution in [3.8, 4) is 0 Å². The Morgan fingerprint density at radius 2 is 1.89 bits per heavy atom. The van der Waals surface area contributed by atoms with Gasteiger partial charge in [0.2, 0.25) is 5.91 Å². The van der Waals surface area contributed by atoms with Gasteiger partial charge in [0.15, 0.2) is 0 Å². The molecule has 5 aliphatic rings. The molecule has 1 atom stereocenters. The van der Waals surface area contributed by atoms with Crippen LogP contribution in [-0.2, 0) is 22.4 Å². The number of hydrogen-bond donors (Lipinski definition) is 2. The number of fused-ring (bicyclic) bond motifs is 2. The second-order valence-electron chi connectivity index (χ2n) is 12.3. The molecule has 1 aromatic rings. The van der Waals surface area contributed by atoms with Gasteiger partial charge in [0.05, 0.1) is 5.41 Å². The van der Waals surface area contributed by atoms with E-state index < -0.39 is 11.1 Å². The average Bonchev–Trinajstić information content (AvgIpc) is 3.38. The number of nitrogens with zero attached hydrogens (tertiary/aromatic N) is 3. The van der Waals surface area contributed by atoms with Gasteiger partial charge >= 0.3 is 0 Å². The Hall–Kier alpha value is -3.22. The van der Waals surface area contributed by atoms with Crippen molar-refractivity contribution >= 4 is 23.6 Å². The SMILES string of the molecule is CC(C)(C)C1=NC2(CCCCCC2)N(C/C=C/c2cnc3c(c2)CC2(C3)C(=O)NC3=C2C=CCN3)C1=O. The van der Waals surface area contributed by atoms with Gasteiger partial charge in [-0.15, -0.1) is 0 Å². The molecule has 2 N–H and O–H groups in total. The highest BCUT2D eigenvalue weighted by Gasteiger charge is 2.52. The molecular formula is C30H37N5O2. The first-order chi connectivity index (χ1) is 17.7. The third-order valence-electron chi connectivity index (χ3n) is 8.66. The first-order valence-corrected chi connectivity index (χ1v) is 13.8. The molecule has 1 aromatic heterocycles. The van der Waals surface area contributed by atoms with Crippen LogP contribution < -0.4 is 10.6 Å². The van der Waals surface area contributed by atoms with Gasteiger partial charge in [-0.1, -0.05) is 57.9 Å². The standard InChI is InChI=1S/C30H37N5O2/c1-28(2,3)24-26(36)35(30(34-24)12-6-4-5-7-13-30)15-9-10-20-16-21-17-29(18-23(21)32-19-20)22-11-8-14-31-25(22)33-27(29)37/h8-11,16,19,31H,4-7,12-15,17-18H2,1-3H3,(H,33,37)/b10-9+. The second kappa shape index (κ2) is 8.67. The largest absolute Gasteiger partial charge is 0.368 e. The van der Waals surface area contributed by atoms with E-state index in [4.69, 9.17) is 9.98 Å². The predicted molar refractivity (Wildman–Crippen MR) is 144 cm³/mol. The fraction of sp³-hybridized carbons (Fsp3) is 0.533. The summed E-state index contributed by atoms with van der Waals surface area (Å²) >= 11 is 0. The van der Waals surface area contributed by atoms with Crippen molar-refractivity contribution in [3.63, 3.8) is 0 Å². The zero-order valence-electron chi connectivity index (χ0n) is 22.2. The Morgan fingerprint density at radius 3 is 2.65 bits per heavy atom. The topological polar surface area (TPSA) is 86.7 Å². The van der Waals surface area contributed by atoms with Gasteiger partial charge in [0.1, 0.15) is 17.2 Å². The second-order valence-corrected chi connectivity index (χ2v) is 12.3. The Labute approximate surface area is 219 Å². The molecule has 2 amide bonds. The van der Waals surface area contributed by atoms with Gasteiger partial charge in [-0.05, 0) is 49.3 Å². The minimum Gasteiger partial charge on any atom is -0.368 e. The summed E-state index contributed by atoms with van der Waals surface area (Å²) in [6.45, 7) is 7.52. The molecule has 1 unspecified atom stereocenters. The number of dihydropyridines is 1. The quantitative estimate of drug-likeness (QED) is 0.657. The molecular weight excluding hydrogens is 462 g/mol. The van der Waals surface area contributed by atoms with Crippen molar-refractivity contribution < 1.29 is 9.59 Å². The third-order valence-corrected chi connectivity index (χ3v) is 8.66. The lowest BCUT2D eigenvalue weighted by atomic mass is 9.78. The summed E-state index contributed by atoms with van der Waals surface area (Å²) in [5.74, 6) is 0.987. The van der Waals surface area contributed by atoms with Gasteiger partial charge < -0.3 is 15.5 Å². The van der Waals surface area contributed by atoms with Gasteiger partial charge in [0, 0.05) is 42.4 Å². The first-order valence-electron chi connectivity index (χ1n) is 13.8. The molecule has 1 saturated carbocycles. The Balaban J connectivity index is 1.21. The van der Waals surface area contributed by atoms with Gasteiger partial charge in [-0.2, -0.15) is 0 Å². The molecule has 0 radical (unpaired) electrons. The maximum atomic E-state index is 13.5. The van der Waals surface area contributed by atoms with Crippen LogP contribution in [-0.4, -0.2) is 46.2 Å². The van der Waals surface area contributed by atoms with E-state index in [1.54, 1.807) is 0 Å². The van der Waals surface area contributed by atoms with E-state index in [-0.39, 0.29) is 17.2 Å². The van der Waals surface area contributed by atoms with Crippen LogP contribution in [0.5, 0.6) is 0 Å². The number of carbonyl (C=O) groups excluding carboxylic acids is 2. The summed E-state index contributed by atoms with van der Waals surface area (Å²) in [7, 11) is 0. The van der Waals surface area contributed by atoms with Crippen LogP contribution in [0.2, 0.25) is 0 Å². The zero-order chi connectivity index (χ0) is 25.8. The normalized spacial score (nSPS) is 26.6. The Bertz CT molecular complexity index is 1270. The summed E-state index contributed by atoms with van der Waals surface area (Å²) in [6, 6.07) is 2.16. The lowest BCUT2D eigenvalue weighted by Gasteiger charge is -2.35. The highest BCUT2D eigenvalue weighted by Crippen LogP contribution is 2.47. The number of aromatic nitrogens is 1. The number of nitrogens with one attached hydrogen (secondary N) is 2. The molecule has 0 saturated heterocycles. The minimum absolute atomic E-state index is 0.0579. The smallest absolute Gasteiger partial charge is 0.270 e. The minimum atomic E-state index is -0.564. The molecule has 4 heterocycles. The van der Waals surface area contributed by atoms with Crippen LogP contribution in [0.3, 0.4) is 0 Å². The molecule has 1 fully saturated rings.